The van der Waals surface area contributed by atoms with Gasteiger partial charge in [-0.15, -0.1) is 0 Å². The molecule has 2 rings (SSSR count). The molecule has 1 saturated heterocycles. The molecule has 0 aromatic rings. The van der Waals surface area contributed by atoms with Gasteiger partial charge in [-0.3, -0.25) is 0 Å². The van der Waals surface area contributed by atoms with E-state index in [1.54, 1.807) is 13.0 Å². The van der Waals surface area contributed by atoms with E-state index in [0.717, 1.165) is 0 Å². The highest BCUT2D eigenvalue weighted by molar-refractivity contribution is 5.89. The zero-order valence-corrected chi connectivity index (χ0v) is 14.8. The van der Waals surface area contributed by atoms with Gasteiger partial charge in [0, 0.05) is 17.6 Å². The molecule has 6 atom stereocenters. The van der Waals surface area contributed by atoms with Crippen molar-refractivity contribution in [1.82, 2.24) is 0 Å². The molecule has 2 heterocycles. The van der Waals surface area contributed by atoms with Gasteiger partial charge in [-0.05, 0) is 39.3 Å². The Bertz CT molecular complexity index is 566. The van der Waals surface area contributed by atoms with Crippen LogP contribution in [0.25, 0.3) is 0 Å². The molecule has 2 aliphatic heterocycles. The summed E-state index contributed by atoms with van der Waals surface area (Å²) in [5.74, 6) is -1.15. The molecule has 0 aliphatic carbocycles. The normalized spacial score (nSPS) is 37.4. The Morgan fingerprint density at radius 2 is 2.17 bits per heavy atom. The zero-order valence-electron chi connectivity index (χ0n) is 14.8. The summed E-state index contributed by atoms with van der Waals surface area (Å²) in [6.07, 6.45) is 2.83. The lowest BCUT2D eigenvalue weighted by atomic mass is 9.78. The first-order valence-electron chi connectivity index (χ1n) is 8.33. The number of hydrogen-bond acceptors (Lipinski definition) is 6. The number of esters is 2. The third-order valence-electron chi connectivity index (χ3n) is 4.65. The summed E-state index contributed by atoms with van der Waals surface area (Å²) < 4.78 is 17.0. The quantitative estimate of drug-likeness (QED) is 0.623. The maximum Gasteiger partial charge on any atom is 0.333 e. The number of rotatable bonds is 4. The third-order valence-corrected chi connectivity index (χ3v) is 4.65. The second kappa shape index (κ2) is 7.07. The Morgan fingerprint density at radius 3 is 2.79 bits per heavy atom. The zero-order chi connectivity index (χ0) is 18.1. The van der Waals surface area contributed by atoms with Gasteiger partial charge in [-0.1, -0.05) is 13.8 Å². The molecule has 0 amide bonds. The molecule has 0 aromatic carbocycles. The molecule has 0 saturated carbocycles. The van der Waals surface area contributed by atoms with Crippen molar-refractivity contribution in [2.24, 2.45) is 5.92 Å². The summed E-state index contributed by atoms with van der Waals surface area (Å²) in [5, 5.41) is 9.48. The van der Waals surface area contributed by atoms with Gasteiger partial charge in [0.25, 0.3) is 0 Å². The molecule has 0 radical (unpaired) electrons. The SMILES string of the molecule is CCC(O)/C=C/C(=O)O[C@@H]1[C@@H](C)[C@@H]2OC(=O)C(C)=C[C@@]2(C)O[C@H]1C. The van der Waals surface area contributed by atoms with E-state index in [-0.39, 0.29) is 18.0 Å². The van der Waals surface area contributed by atoms with Crippen molar-refractivity contribution in [2.75, 3.05) is 0 Å². The Morgan fingerprint density at radius 1 is 1.50 bits per heavy atom. The van der Waals surface area contributed by atoms with Crippen molar-refractivity contribution < 1.29 is 28.9 Å². The van der Waals surface area contributed by atoms with Crippen LogP contribution in [-0.4, -0.2) is 47.1 Å². The van der Waals surface area contributed by atoms with Gasteiger partial charge in [-0.25, -0.2) is 9.59 Å². The van der Waals surface area contributed by atoms with E-state index in [1.807, 2.05) is 27.7 Å². The lowest BCUT2D eigenvalue weighted by molar-refractivity contribution is -0.239. The van der Waals surface area contributed by atoms with Crippen LogP contribution in [0.15, 0.2) is 23.8 Å². The molecule has 24 heavy (non-hydrogen) atoms. The first kappa shape index (κ1) is 18.7. The standard InChI is InChI=1S/C18H26O6/c1-6-13(19)7-8-14(20)22-15-11(3)16-18(5,24-12(15)4)9-10(2)17(21)23-16/h7-9,11-13,15-16,19H,6H2,1-5H3/b8-7+/t11-,12+,13?,15-,16+,18-/m1/s1. The summed E-state index contributed by atoms with van der Waals surface area (Å²) in [7, 11) is 0. The molecule has 6 nitrogen and oxygen atoms in total. The lowest BCUT2D eigenvalue weighted by Gasteiger charge is -2.50. The molecule has 0 bridgehead atoms. The highest BCUT2D eigenvalue weighted by Gasteiger charge is 2.53. The molecule has 0 aromatic heterocycles. The minimum atomic E-state index is -0.728. The molecule has 2 aliphatic rings. The summed E-state index contributed by atoms with van der Waals surface area (Å²) in [6, 6.07) is 0. The van der Waals surface area contributed by atoms with E-state index in [2.05, 4.69) is 0 Å². The molecular weight excluding hydrogens is 312 g/mol. The van der Waals surface area contributed by atoms with Crippen LogP contribution in [0.4, 0.5) is 0 Å². The van der Waals surface area contributed by atoms with Gasteiger partial charge < -0.3 is 19.3 Å². The van der Waals surface area contributed by atoms with Gasteiger partial charge >= 0.3 is 11.9 Å². The van der Waals surface area contributed by atoms with Crippen LogP contribution in [0.5, 0.6) is 0 Å². The van der Waals surface area contributed by atoms with Crippen molar-refractivity contribution in [2.45, 2.75) is 71.1 Å². The van der Waals surface area contributed by atoms with E-state index >= 15 is 0 Å². The molecular formula is C18H26O6. The summed E-state index contributed by atoms with van der Waals surface area (Å²) in [6.45, 7) is 9.09. The largest absolute Gasteiger partial charge is 0.456 e. The van der Waals surface area contributed by atoms with Crippen LogP contribution in [0.1, 0.15) is 41.0 Å². The van der Waals surface area contributed by atoms with Crippen molar-refractivity contribution in [3.63, 3.8) is 0 Å². The third kappa shape index (κ3) is 3.70. The van der Waals surface area contributed by atoms with E-state index in [0.29, 0.717) is 12.0 Å². The van der Waals surface area contributed by atoms with Gasteiger partial charge in [-0.2, -0.15) is 0 Å². The molecule has 1 fully saturated rings. The smallest absolute Gasteiger partial charge is 0.333 e. The Kier molecular flexibility index (Phi) is 5.50. The first-order chi connectivity index (χ1) is 11.2. The first-order valence-corrected chi connectivity index (χ1v) is 8.33. The second-order valence-electron chi connectivity index (χ2n) is 6.76. The lowest BCUT2D eigenvalue weighted by Crippen LogP contribution is -2.61. The van der Waals surface area contributed by atoms with Crippen molar-refractivity contribution in [1.29, 1.82) is 0 Å². The predicted molar refractivity (Wildman–Crippen MR) is 87.1 cm³/mol. The van der Waals surface area contributed by atoms with Gasteiger partial charge in [0.05, 0.1) is 12.2 Å². The van der Waals surface area contributed by atoms with E-state index in [4.69, 9.17) is 14.2 Å². The maximum absolute atomic E-state index is 12.0. The van der Waals surface area contributed by atoms with Crippen LogP contribution in [-0.2, 0) is 23.8 Å². The van der Waals surface area contributed by atoms with Crippen molar-refractivity contribution in [3.8, 4) is 0 Å². The summed E-state index contributed by atoms with van der Waals surface area (Å²) in [5.41, 5.74) is -0.214. The van der Waals surface area contributed by atoms with E-state index in [9.17, 15) is 14.7 Å². The van der Waals surface area contributed by atoms with Crippen LogP contribution < -0.4 is 0 Å². The number of fused-ring (bicyclic) bond motifs is 1. The van der Waals surface area contributed by atoms with Gasteiger partial charge in [0.1, 0.15) is 17.8 Å². The number of aliphatic hydroxyl groups excluding tert-OH is 1. The highest BCUT2D eigenvalue weighted by atomic mass is 16.6. The molecule has 134 valence electrons. The number of carbonyl (C=O) groups is 2. The highest BCUT2D eigenvalue weighted by Crippen LogP contribution is 2.41. The monoisotopic (exact) mass is 338 g/mol. The Hall–Kier alpha value is -1.66. The second-order valence-corrected chi connectivity index (χ2v) is 6.76. The average molecular weight is 338 g/mol. The predicted octanol–water partition coefficient (Wildman–Crippen LogP) is 1.91. The van der Waals surface area contributed by atoms with Crippen LogP contribution >= 0.6 is 0 Å². The molecule has 0 spiro atoms. The average Bonchev–Trinajstić information content (AvgIpc) is 2.51. The molecule has 6 heteroatoms. The van der Waals surface area contributed by atoms with Crippen LogP contribution in [0.2, 0.25) is 0 Å². The minimum Gasteiger partial charge on any atom is -0.456 e. The fourth-order valence-electron chi connectivity index (χ4n) is 3.40. The molecule has 1 unspecified atom stereocenters. The number of carbonyl (C=O) groups excluding carboxylic acids is 2. The maximum atomic E-state index is 12.0. The van der Waals surface area contributed by atoms with Crippen molar-refractivity contribution in [3.05, 3.63) is 23.8 Å². The number of ether oxygens (including phenoxy) is 3. The topological polar surface area (TPSA) is 82.1 Å². The van der Waals surface area contributed by atoms with Crippen molar-refractivity contribution >= 4 is 11.9 Å². The number of aliphatic hydroxyl groups is 1. The number of hydrogen-bond donors (Lipinski definition) is 1. The summed E-state index contributed by atoms with van der Waals surface area (Å²) in [4.78, 5) is 23.8. The van der Waals surface area contributed by atoms with Crippen LogP contribution in [0, 0.1) is 5.92 Å². The summed E-state index contributed by atoms with van der Waals surface area (Å²) >= 11 is 0. The fourth-order valence-corrected chi connectivity index (χ4v) is 3.40. The van der Waals surface area contributed by atoms with Gasteiger partial charge in [0.2, 0.25) is 0 Å². The fraction of sp³-hybridized carbons (Fsp3) is 0.667. The minimum absolute atomic E-state index is 0.222. The van der Waals surface area contributed by atoms with E-state index < -0.39 is 29.9 Å². The Balaban J connectivity index is 2.13. The van der Waals surface area contributed by atoms with E-state index in [1.165, 1.54) is 12.2 Å². The molecule has 1 N–H and O–H groups in total. The van der Waals surface area contributed by atoms with Gasteiger partial charge in [0.15, 0.2) is 0 Å². The Labute approximate surface area is 142 Å². The van der Waals surface area contributed by atoms with Crippen LogP contribution in [0.3, 0.4) is 0 Å².